The normalized spacial score (nSPS) is 28.8. The highest BCUT2D eigenvalue weighted by Gasteiger charge is 2.31. The zero-order valence-electron chi connectivity index (χ0n) is 13.4. The van der Waals surface area contributed by atoms with Gasteiger partial charge in [-0.15, -0.1) is 11.6 Å². The second-order valence-electron chi connectivity index (χ2n) is 6.71. The van der Waals surface area contributed by atoms with E-state index in [0.717, 1.165) is 26.1 Å². The second kappa shape index (κ2) is 7.55. The lowest BCUT2D eigenvalue weighted by molar-refractivity contribution is -0.121. The van der Waals surface area contributed by atoms with E-state index in [1.54, 1.807) is 0 Å². The van der Waals surface area contributed by atoms with Gasteiger partial charge < -0.3 is 0 Å². The molecule has 0 aromatic heterocycles. The van der Waals surface area contributed by atoms with E-state index in [0.29, 0.717) is 36.5 Å². The van der Waals surface area contributed by atoms with Crippen molar-refractivity contribution in [2.45, 2.75) is 51.5 Å². The number of alkyl halides is 1. The van der Waals surface area contributed by atoms with Crippen LogP contribution in [0.1, 0.15) is 40.0 Å². The average Bonchev–Trinajstić information content (AvgIpc) is 2.40. The highest BCUT2D eigenvalue weighted by atomic mass is 35.5. The molecule has 1 fully saturated rings. The Morgan fingerprint density at radius 2 is 2.00 bits per heavy atom. The van der Waals surface area contributed by atoms with Crippen LogP contribution in [0.15, 0.2) is 16.6 Å². The van der Waals surface area contributed by atoms with Gasteiger partial charge in [0.15, 0.2) is 0 Å². The van der Waals surface area contributed by atoms with Crippen molar-refractivity contribution in [1.29, 1.82) is 0 Å². The third-order valence-electron chi connectivity index (χ3n) is 4.51. The van der Waals surface area contributed by atoms with Gasteiger partial charge in [-0.2, -0.15) is 0 Å². The van der Waals surface area contributed by atoms with Crippen molar-refractivity contribution in [3.8, 4) is 0 Å². The van der Waals surface area contributed by atoms with Gasteiger partial charge in [0, 0.05) is 50.0 Å². The van der Waals surface area contributed by atoms with Crippen molar-refractivity contribution in [3.05, 3.63) is 11.6 Å². The molecule has 3 nitrogen and oxygen atoms in total. The quantitative estimate of drug-likeness (QED) is 0.730. The number of carbonyl (C=O) groups excluding carboxylic acids is 1. The van der Waals surface area contributed by atoms with E-state index in [-0.39, 0.29) is 5.38 Å². The van der Waals surface area contributed by atoms with Crippen LogP contribution in [0.4, 0.5) is 0 Å². The molecule has 118 valence electrons. The van der Waals surface area contributed by atoms with Crippen LogP contribution in [0, 0.1) is 11.8 Å². The molecule has 4 heteroatoms. The Balaban J connectivity index is 2.04. The molecular weight excluding hydrogens is 284 g/mol. The minimum absolute atomic E-state index is 0.153. The minimum Gasteiger partial charge on any atom is -0.300 e. The number of dihydropyridines is 1. The van der Waals surface area contributed by atoms with Crippen LogP contribution < -0.4 is 0 Å². The van der Waals surface area contributed by atoms with E-state index < -0.39 is 0 Å². The summed E-state index contributed by atoms with van der Waals surface area (Å²) in [6.07, 6.45) is 6.46. The van der Waals surface area contributed by atoms with E-state index in [9.17, 15) is 4.79 Å². The molecule has 0 aromatic carbocycles. The van der Waals surface area contributed by atoms with Crippen LogP contribution in [0.25, 0.3) is 0 Å². The maximum absolute atomic E-state index is 11.4. The topological polar surface area (TPSA) is 32.7 Å². The summed E-state index contributed by atoms with van der Waals surface area (Å²) >= 11 is 6.20. The molecule has 0 aromatic rings. The number of nitrogens with zero attached hydrogens (tertiary/aromatic N) is 2. The van der Waals surface area contributed by atoms with Crippen molar-refractivity contribution in [3.63, 3.8) is 0 Å². The molecule has 0 N–H and O–H groups in total. The number of hydrogen-bond donors (Lipinski definition) is 0. The van der Waals surface area contributed by atoms with Gasteiger partial charge in [-0.1, -0.05) is 13.8 Å². The number of carbonyl (C=O) groups is 1. The van der Waals surface area contributed by atoms with E-state index in [1.165, 1.54) is 5.57 Å². The van der Waals surface area contributed by atoms with Gasteiger partial charge >= 0.3 is 0 Å². The fourth-order valence-electron chi connectivity index (χ4n) is 3.49. The Morgan fingerprint density at radius 1 is 1.33 bits per heavy atom. The molecule has 0 aliphatic carbocycles. The van der Waals surface area contributed by atoms with Crippen LogP contribution in [-0.2, 0) is 4.79 Å². The molecule has 3 unspecified atom stereocenters. The molecule has 2 rings (SSSR count). The summed E-state index contributed by atoms with van der Waals surface area (Å²) in [5.74, 6) is 1.43. The van der Waals surface area contributed by atoms with Crippen LogP contribution in [0.3, 0.4) is 0 Å². The monoisotopic (exact) mass is 310 g/mol. The zero-order chi connectivity index (χ0) is 15.4. The number of allylic oxidation sites excluding steroid dienone is 1. The first-order valence-electron chi connectivity index (χ1n) is 8.07. The summed E-state index contributed by atoms with van der Waals surface area (Å²) in [5, 5.41) is 0.153. The number of halogens is 1. The SMILES string of the molecule is CC(Cl)CC1N=CC=C(CN2CCC(=O)CC2)C1C(C)C. The molecule has 21 heavy (non-hydrogen) atoms. The molecule has 1 saturated heterocycles. The molecule has 0 saturated carbocycles. The largest absolute Gasteiger partial charge is 0.300 e. The number of rotatable bonds is 5. The molecule has 2 heterocycles. The van der Waals surface area contributed by atoms with Crippen LogP contribution >= 0.6 is 11.6 Å². The first-order chi connectivity index (χ1) is 9.97. The molecule has 2 aliphatic heterocycles. The van der Waals surface area contributed by atoms with Gasteiger partial charge in [0.1, 0.15) is 5.78 Å². The Bertz CT molecular complexity index is 419. The van der Waals surface area contributed by atoms with Gasteiger partial charge in [0.2, 0.25) is 0 Å². The molecule has 0 amide bonds. The number of hydrogen-bond acceptors (Lipinski definition) is 3. The van der Waals surface area contributed by atoms with Gasteiger partial charge in [-0.25, -0.2) is 0 Å². The standard InChI is InChI=1S/C17H27ClN2O/c1-12(2)17-14(4-7-19-16(17)10-13(3)18)11-20-8-5-15(21)6-9-20/h4,7,12-13,16-17H,5-6,8-11H2,1-3H3. The molecule has 2 aliphatic rings. The number of ketones is 1. The summed E-state index contributed by atoms with van der Waals surface area (Å²) in [6.45, 7) is 9.34. The van der Waals surface area contributed by atoms with Crippen LogP contribution in [0.5, 0.6) is 0 Å². The van der Waals surface area contributed by atoms with Crippen molar-refractivity contribution in [2.75, 3.05) is 19.6 Å². The number of likely N-dealkylation sites (tertiary alicyclic amines) is 1. The van der Waals surface area contributed by atoms with Crippen LogP contribution in [0.2, 0.25) is 0 Å². The number of Topliss-reactive ketones (excluding diaryl/α,β-unsaturated/α-hetero) is 1. The van der Waals surface area contributed by atoms with E-state index in [1.807, 2.05) is 13.1 Å². The van der Waals surface area contributed by atoms with Gasteiger partial charge in [-0.3, -0.25) is 14.7 Å². The lowest BCUT2D eigenvalue weighted by Crippen LogP contribution is -2.39. The molecule has 3 atom stereocenters. The van der Waals surface area contributed by atoms with Gasteiger partial charge in [-0.05, 0) is 30.9 Å². The summed E-state index contributed by atoms with van der Waals surface area (Å²) in [7, 11) is 0. The smallest absolute Gasteiger partial charge is 0.135 e. The van der Waals surface area contributed by atoms with E-state index in [2.05, 4.69) is 29.8 Å². The fraction of sp³-hybridized carbons (Fsp3) is 0.765. The van der Waals surface area contributed by atoms with E-state index >= 15 is 0 Å². The average molecular weight is 311 g/mol. The predicted octanol–water partition coefficient (Wildman–Crippen LogP) is 3.32. The Morgan fingerprint density at radius 3 is 2.57 bits per heavy atom. The summed E-state index contributed by atoms with van der Waals surface area (Å²) < 4.78 is 0. The van der Waals surface area contributed by atoms with Crippen LogP contribution in [-0.4, -0.2) is 48.0 Å². The Kier molecular flexibility index (Phi) is 6.00. The summed E-state index contributed by atoms with van der Waals surface area (Å²) in [4.78, 5) is 18.4. The number of piperidine rings is 1. The highest BCUT2D eigenvalue weighted by molar-refractivity contribution is 6.20. The molecule has 0 bridgehead atoms. The third kappa shape index (κ3) is 4.65. The lowest BCUT2D eigenvalue weighted by atomic mass is 9.79. The Labute approximate surface area is 133 Å². The third-order valence-corrected chi connectivity index (χ3v) is 4.69. The van der Waals surface area contributed by atoms with Crippen molar-refractivity contribution < 1.29 is 4.79 Å². The fourth-order valence-corrected chi connectivity index (χ4v) is 3.67. The highest BCUT2D eigenvalue weighted by Crippen LogP contribution is 2.32. The Hall–Kier alpha value is -0.670. The molecule has 0 spiro atoms. The molecule has 0 radical (unpaired) electrons. The summed E-state index contributed by atoms with van der Waals surface area (Å²) in [6, 6.07) is 0.295. The summed E-state index contributed by atoms with van der Waals surface area (Å²) in [5.41, 5.74) is 1.46. The minimum atomic E-state index is 0.153. The first kappa shape index (κ1) is 16.7. The maximum Gasteiger partial charge on any atom is 0.135 e. The van der Waals surface area contributed by atoms with Crippen molar-refractivity contribution >= 4 is 23.6 Å². The predicted molar refractivity (Wildman–Crippen MR) is 89.3 cm³/mol. The van der Waals surface area contributed by atoms with Gasteiger partial charge in [0.25, 0.3) is 0 Å². The van der Waals surface area contributed by atoms with Crippen molar-refractivity contribution in [1.82, 2.24) is 4.90 Å². The van der Waals surface area contributed by atoms with Gasteiger partial charge in [0.05, 0.1) is 6.04 Å². The van der Waals surface area contributed by atoms with E-state index in [4.69, 9.17) is 11.6 Å². The van der Waals surface area contributed by atoms with Crippen molar-refractivity contribution in [2.24, 2.45) is 16.8 Å². The maximum atomic E-state index is 11.4. The number of aliphatic imine (C=N–C) groups is 1. The molecular formula is C17H27ClN2O. The lowest BCUT2D eigenvalue weighted by Gasteiger charge is -2.36. The zero-order valence-corrected chi connectivity index (χ0v) is 14.1. The second-order valence-corrected chi connectivity index (χ2v) is 7.45. The first-order valence-corrected chi connectivity index (χ1v) is 8.51.